The highest BCUT2D eigenvalue weighted by molar-refractivity contribution is 5.33. The second kappa shape index (κ2) is 12.4. The molecule has 0 amide bonds. The molecule has 0 heterocycles. The summed E-state index contributed by atoms with van der Waals surface area (Å²) in [6.45, 7) is 17.8. The molecule has 0 spiro atoms. The average molecular weight is 439 g/mol. The Labute approximate surface area is 197 Å². The Hall–Kier alpha value is -1.80. The second-order valence-electron chi connectivity index (χ2n) is 10.8. The molecule has 0 bridgehead atoms. The van der Waals surface area contributed by atoms with Crippen molar-refractivity contribution in [2.45, 2.75) is 106 Å². The Balaban J connectivity index is 0.00000114. The maximum atomic E-state index is 6.49. The molecule has 0 saturated carbocycles. The molecular weight excluding hydrogens is 392 g/mol. The van der Waals surface area contributed by atoms with Gasteiger partial charge in [0.2, 0.25) is 6.29 Å². The number of fused-ring (bicyclic) bond motifs is 1. The van der Waals surface area contributed by atoms with Gasteiger partial charge >= 0.3 is 0 Å². The number of rotatable bonds is 8. The van der Waals surface area contributed by atoms with Gasteiger partial charge in [-0.25, -0.2) is 0 Å². The smallest absolute Gasteiger partial charge is 0.200 e. The fourth-order valence-corrected chi connectivity index (χ4v) is 4.48. The van der Waals surface area contributed by atoms with Crippen molar-refractivity contribution in [1.82, 2.24) is 0 Å². The molecule has 2 unspecified atom stereocenters. The van der Waals surface area contributed by atoms with E-state index in [0.717, 1.165) is 31.4 Å². The molecule has 0 aliphatic heterocycles. The Kier molecular flexibility index (Phi) is 10.3. The molecule has 0 N–H and O–H groups in total. The summed E-state index contributed by atoms with van der Waals surface area (Å²) in [4.78, 5) is 0. The molecule has 3 rings (SSSR count). The quantitative estimate of drug-likeness (QED) is 0.384. The van der Waals surface area contributed by atoms with Crippen LogP contribution in [-0.4, -0.2) is 12.4 Å². The van der Waals surface area contributed by atoms with Crippen LogP contribution in [-0.2, 0) is 17.6 Å². The van der Waals surface area contributed by atoms with Crippen molar-refractivity contribution in [1.29, 1.82) is 0 Å². The van der Waals surface area contributed by atoms with Gasteiger partial charge in [0, 0.05) is 6.42 Å². The summed E-state index contributed by atoms with van der Waals surface area (Å²) >= 11 is 0. The van der Waals surface area contributed by atoms with Gasteiger partial charge in [0.1, 0.15) is 5.75 Å². The van der Waals surface area contributed by atoms with Gasteiger partial charge in [0.05, 0.1) is 6.10 Å². The lowest BCUT2D eigenvalue weighted by Crippen LogP contribution is -2.31. The summed E-state index contributed by atoms with van der Waals surface area (Å²) < 4.78 is 12.8. The summed E-state index contributed by atoms with van der Waals surface area (Å²) in [6.07, 6.45) is 5.20. The van der Waals surface area contributed by atoms with E-state index in [-0.39, 0.29) is 17.8 Å². The lowest BCUT2D eigenvalue weighted by Gasteiger charge is -2.29. The highest BCUT2D eigenvalue weighted by atomic mass is 16.7. The zero-order valence-electron chi connectivity index (χ0n) is 21.8. The first-order chi connectivity index (χ1) is 15.2. The Morgan fingerprint density at radius 1 is 0.875 bits per heavy atom. The lowest BCUT2D eigenvalue weighted by atomic mass is 9.86. The predicted molar refractivity (Wildman–Crippen MR) is 137 cm³/mol. The Morgan fingerprint density at radius 3 is 1.84 bits per heavy atom. The normalized spacial score (nSPS) is 15.7. The van der Waals surface area contributed by atoms with Crippen LogP contribution in [0.2, 0.25) is 0 Å². The minimum atomic E-state index is -0.229. The van der Waals surface area contributed by atoms with Crippen molar-refractivity contribution >= 4 is 0 Å². The molecule has 0 fully saturated rings. The highest BCUT2D eigenvalue weighted by Gasteiger charge is 2.28. The van der Waals surface area contributed by atoms with Crippen LogP contribution in [0.15, 0.2) is 48.5 Å². The molecule has 1 aliphatic rings. The van der Waals surface area contributed by atoms with E-state index >= 15 is 0 Å². The van der Waals surface area contributed by atoms with Crippen LogP contribution in [0.1, 0.15) is 97.3 Å². The van der Waals surface area contributed by atoms with Crippen molar-refractivity contribution in [2.75, 3.05) is 0 Å². The van der Waals surface area contributed by atoms with Crippen LogP contribution >= 0.6 is 0 Å². The molecule has 0 saturated heterocycles. The summed E-state index contributed by atoms with van der Waals surface area (Å²) in [5, 5.41) is 0. The number of hydrogen-bond acceptors (Lipinski definition) is 2. The van der Waals surface area contributed by atoms with E-state index in [9.17, 15) is 0 Å². The molecule has 178 valence electrons. The fourth-order valence-electron chi connectivity index (χ4n) is 4.48. The number of ether oxygens (including phenoxy) is 2. The topological polar surface area (TPSA) is 18.5 Å². The first-order valence-corrected chi connectivity index (χ1v) is 12.7. The van der Waals surface area contributed by atoms with Gasteiger partial charge in [-0.15, -0.1) is 0 Å². The summed E-state index contributed by atoms with van der Waals surface area (Å²) in [5.74, 6) is 2.15. The van der Waals surface area contributed by atoms with Crippen molar-refractivity contribution in [2.24, 2.45) is 11.3 Å². The molecule has 2 atom stereocenters. The van der Waals surface area contributed by atoms with Crippen molar-refractivity contribution in [3.05, 3.63) is 65.2 Å². The Bertz CT molecular complexity index is 760. The van der Waals surface area contributed by atoms with Crippen LogP contribution in [0.5, 0.6) is 5.75 Å². The third-order valence-corrected chi connectivity index (χ3v) is 5.96. The first-order valence-electron chi connectivity index (χ1n) is 12.7. The van der Waals surface area contributed by atoms with Crippen molar-refractivity contribution < 1.29 is 9.47 Å². The van der Waals surface area contributed by atoms with Crippen LogP contribution < -0.4 is 4.74 Å². The van der Waals surface area contributed by atoms with Crippen molar-refractivity contribution in [3.8, 4) is 5.75 Å². The summed E-state index contributed by atoms with van der Waals surface area (Å²) in [7, 11) is 0. The van der Waals surface area contributed by atoms with Crippen LogP contribution in [0.4, 0.5) is 0 Å². The predicted octanol–water partition coefficient (Wildman–Crippen LogP) is 8.58. The SMILES string of the molecule is CCC.CCC(c1ccc(OC(CC(C)(C)C)OC2Cc3ccccc3C2)cc1)C(C)C. The van der Waals surface area contributed by atoms with E-state index in [0.29, 0.717) is 11.8 Å². The number of hydrogen-bond donors (Lipinski definition) is 0. The van der Waals surface area contributed by atoms with Gasteiger partial charge in [-0.3, -0.25) is 0 Å². The zero-order valence-corrected chi connectivity index (χ0v) is 21.8. The van der Waals surface area contributed by atoms with Gasteiger partial charge in [-0.05, 0) is 65.3 Å². The molecule has 32 heavy (non-hydrogen) atoms. The van der Waals surface area contributed by atoms with Crippen LogP contribution in [0.25, 0.3) is 0 Å². The van der Waals surface area contributed by atoms with E-state index in [4.69, 9.17) is 9.47 Å². The molecule has 0 aromatic heterocycles. The largest absolute Gasteiger partial charge is 0.465 e. The monoisotopic (exact) mass is 438 g/mol. The number of benzene rings is 2. The van der Waals surface area contributed by atoms with Gasteiger partial charge in [0.15, 0.2) is 0 Å². The molecular formula is C30H46O2. The van der Waals surface area contributed by atoms with Gasteiger partial charge < -0.3 is 9.47 Å². The van der Waals surface area contributed by atoms with Crippen LogP contribution in [0.3, 0.4) is 0 Å². The molecule has 2 heteroatoms. The van der Waals surface area contributed by atoms with E-state index < -0.39 is 0 Å². The summed E-state index contributed by atoms with van der Waals surface area (Å²) in [6, 6.07) is 17.4. The average Bonchev–Trinajstić information content (AvgIpc) is 3.11. The molecule has 2 aromatic carbocycles. The third-order valence-electron chi connectivity index (χ3n) is 5.96. The molecule has 0 radical (unpaired) electrons. The van der Waals surface area contributed by atoms with Gasteiger partial charge in [-0.1, -0.05) is 98.2 Å². The third kappa shape index (κ3) is 8.28. The maximum Gasteiger partial charge on any atom is 0.200 e. The first kappa shape index (κ1) is 26.5. The standard InChI is InChI=1S/C27H38O2.C3H8/c1-7-25(19(2)3)20-12-14-23(15-13-20)28-26(18-27(4,5)6)29-24-16-21-10-8-9-11-22(21)17-24;1-3-2/h8-15,19,24-26H,7,16-18H2,1-6H3;3H2,1-2H3. The van der Waals surface area contributed by atoms with E-state index in [1.165, 1.54) is 23.1 Å². The molecule has 2 aromatic rings. The van der Waals surface area contributed by atoms with Crippen LogP contribution in [0, 0.1) is 11.3 Å². The minimum absolute atomic E-state index is 0.140. The fraction of sp³-hybridized carbons (Fsp3) is 0.600. The van der Waals surface area contributed by atoms with Crippen molar-refractivity contribution in [3.63, 3.8) is 0 Å². The molecule has 2 nitrogen and oxygen atoms in total. The highest BCUT2D eigenvalue weighted by Crippen LogP contribution is 2.32. The van der Waals surface area contributed by atoms with Gasteiger partial charge in [-0.2, -0.15) is 0 Å². The summed E-state index contributed by atoms with van der Waals surface area (Å²) in [5.41, 5.74) is 4.36. The second-order valence-corrected chi connectivity index (χ2v) is 10.8. The Morgan fingerprint density at radius 2 is 1.41 bits per heavy atom. The van der Waals surface area contributed by atoms with E-state index in [1.807, 2.05) is 0 Å². The minimum Gasteiger partial charge on any atom is -0.465 e. The van der Waals surface area contributed by atoms with E-state index in [2.05, 4.69) is 104 Å². The zero-order chi connectivity index (χ0) is 23.7. The maximum absolute atomic E-state index is 6.49. The van der Waals surface area contributed by atoms with Gasteiger partial charge in [0.25, 0.3) is 0 Å². The lowest BCUT2D eigenvalue weighted by molar-refractivity contribution is -0.131. The van der Waals surface area contributed by atoms with E-state index in [1.54, 1.807) is 0 Å². The molecule has 1 aliphatic carbocycles.